The highest BCUT2D eigenvalue weighted by atomic mass is 32.2. The summed E-state index contributed by atoms with van der Waals surface area (Å²) in [4.78, 5) is 22.0. The van der Waals surface area contributed by atoms with Crippen molar-refractivity contribution in [2.75, 3.05) is 31.1 Å². The number of nitrogens with zero attached hydrogens (tertiary/aromatic N) is 3. The first-order valence-corrected chi connectivity index (χ1v) is 13.1. The average molecular weight is 436 g/mol. The maximum Gasteiger partial charge on any atom is 0.239 e. The van der Waals surface area contributed by atoms with Crippen molar-refractivity contribution in [2.24, 2.45) is 0 Å². The van der Waals surface area contributed by atoms with Gasteiger partial charge in [-0.25, -0.2) is 13.4 Å². The molecule has 0 aliphatic carbocycles. The molecule has 1 amide bonds. The molecular weight excluding hydrogens is 406 g/mol. The summed E-state index contributed by atoms with van der Waals surface area (Å²) in [6, 6.07) is 7.88. The third kappa shape index (κ3) is 4.34. The fraction of sp³-hybridized carbons (Fsp3) is 0.619. The Hall–Kier alpha value is -1.51. The summed E-state index contributed by atoms with van der Waals surface area (Å²) < 4.78 is 24.9. The standard InChI is InChI=1S/C21H29N3O3S2/c1-3-24(17-10-13-29(26,27)14-17)21(25)15(2)23-11-8-16(9-12-23)20-22-18-6-4-5-7-19(18)28-20/h4-7,15-17H,3,8-14H2,1-2H3. The minimum atomic E-state index is -3.00. The van der Waals surface area contributed by atoms with Crippen molar-refractivity contribution in [3.05, 3.63) is 29.3 Å². The van der Waals surface area contributed by atoms with Crippen LogP contribution in [0.2, 0.25) is 0 Å². The molecule has 0 N–H and O–H groups in total. The number of sulfone groups is 1. The molecule has 2 aromatic rings. The first kappa shape index (κ1) is 20.8. The zero-order valence-corrected chi connectivity index (χ0v) is 18.7. The first-order chi connectivity index (χ1) is 13.9. The zero-order valence-electron chi connectivity index (χ0n) is 17.1. The second-order valence-corrected chi connectivity index (χ2v) is 11.5. The van der Waals surface area contributed by atoms with Crippen LogP contribution in [0.15, 0.2) is 24.3 Å². The summed E-state index contributed by atoms with van der Waals surface area (Å²) in [6.07, 6.45) is 2.57. The van der Waals surface area contributed by atoms with Crippen LogP contribution in [0, 0.1) is 0 Å². The van der Waals surface area contributed by atoms with Crippen molar-refractivity contribution in [3.63, 3.8) is 0 Å². The average Bonchev–Trinajstić information content (AvgIpc) is 3.31. The third-order valence-corrected chi connectivity index (χ3v) is 9.32. The molecule has 0 radical (unpaired) electrons. The number of piperidine rings is 1. The van der Waals surface area contributed by atoms with E-state index in [1.54, 1.807) is 16.2 Å². The van der Waals surface area contributed by atoms with Crippen LogP contribution in [0.3, 0.4) is 0 Å². The van der Waals surface area contributed by atoms with E-state index in [2.05, 4.69) is 23.1 Å². The Kier molecular flexibility index (Phi) is 5.95. The molecule has 0 bridgehead atoms. The van der Waals surface area contributed by atoms with E-state index in [4.69, 9.17) is 4.98 Å². The van der Waals surface area contributed by atoms with Crippen LogP contribution in [-0.4, -0.2) is 72.3 Å². The Morgan fingerprint density at radius 1 is 1.28 bits per heavy atom. The van der Waals surface area contributed by atoms with E-state index in [-0.39, 0.29) is 29.5 Å². The van der Waals surface area contributed by atoms with Crippen LogP contribution in [0.4, 0.5) is 0 Å². The molecule has 2 fully saturated rings. The van der Waals surface area contributed by atoms with Crippen molar-refractivity contribution >= 4 is 37.3 Å². The quantitative estimate of drug-likeness (QED) is 0.722. The molecule has 8 heteroatoms. The fourth-order valence-corrected chi connectivity index (χ4v) is 7.48. The molecule has 3 heterocycles. The minimum Gasteiger partial charge on any atom is -0.338 e. The fourth-order valence-electron chi connectivity index (χ4n) is 4.61. The molecule has 0 saturated carbocycles. The zero-order chi connectivity index (χ0) is 20.6. The monoisotopic (exact) mass is 435 g/mol. The second kappa shape index (κ2) is 8.32. The Morgan fingerprint density at radius 2 is 2.00 bits per heavy atom. The number of amides is 1. The molecule has 2 unspecified atom stereocenters. The van der Waals surface area contributed by atoms with Gasteiger partial charge in [0, 0.05) is 18.5 Å². The number of aromatic nitrogens is 1. The SMILES string of the molecule is CCN(C(=O)C(C)N1CCC(c2nc3ccccc3s2)CC1)C1CCS(=O)(=O)C1. The Labute approximate surface area is 176 Å². The van der Waals surface area contributed by atoms with Crippen LogP contribution in [0.1, 0.15) is 44.0 Å². The summed E-state index contributed by atoms with van der Waals surface area (Å²) in [5.41, 5.74) is 1.07. The van der Waals surface area contributed by atoms with Gasteiger partial charge >= 0.3 is 0 Å². The lowest BCUT2D eigenvalue weighted by Gasteiger charge is -2.38. The van der Waals surface area contributed by atoms with Crippen molar-refractivity contribution in [3.8, 4) is 0 Å². The minimum absolute atomic E-state index is 0.0630. The van der Waals surface area contributed by atoms with Crippen LogP contribution < -0.4 is 0 Å². The number of carbonyl (C=O) groups is 1. The van der Waals surface area contributed by atoms with Gasteiger partial charge in [-0.3, -0.25) is 9.69 Å². The summed E-state index contributed by atoms with van der Waals surface area (Å²) >= 11 is 1.78. The molecular formula is C21H29N3O3S2. The summed E-state index contributed by atoms with van der Waals surface area (Å²) in [6.45, 7) is 6.20. The topological polar surface area (TPSA) is 70.6 Å². The van der Waals surface area contributed by atoms with Gasteiger partial charge in [-0.15, -0.1) is 11.3 Å². The van der Waals surface area contributed by atoms with E-state index < -0.39 is 9.84 Å². The van der Waals surface area contributed by atoms with Gasteiger partial charge in [-0.2, -0.15) is 0 Å². The molecule has 4 rings (SSSR count). The lowest BCUT2D eigenvalue weighted by Crippen LogP contribution is -2.52. The van der Waals surface area contributed by atoms with Crippen LogP contribution in [-0.2, 0) is 14.6 Å². The maximum absolute atomic E-state index is 13.1. The Morgan fingerprint density at radius 3 is 2.62 bits per heavy atom. The van der Waals surface area contributed by atoms with Gasteiger partial charge in [0.05, 0.1) is 32.8 Å². The molecule has 29 heavy (non-hydrogen) atoms. The van der Waals surface area contributed by atoms with E-state index in [1.807, 2.05) is 19.9 Å². The van der Waals surface area contributed by atoms with E-state index >= 15 is 0 Å². The maximum atomic E-state index is 13.1. The number of rotatable bonds is 5. The molecule has 1 aromatic carbocycles. The molecule has 2 aliphatic rings. The summed E-state index contributed by atoms with van der Waals surface area (Å²) in [5, 5.41) is 1.20. The normalized spacial score (nSPS) is 24.0. The van der Waals surface area contributed by atoms with Gasteiger partial charge in [0.15, 0.2) is 9.84 Å². The number of para-hydroxylation sites is 1. The number of carbonyl (C=O) groups excluding carboxylic acids is 1. The number of likely N-dealkylation sites (N-methyl/N-ethyl adjacent to an activating group) is 1. The predicted octanol–water partition coefficient (Wildman–Crippen LogP) is 2.90. The first-order valence-electron chi connectivity index (χ1n) is 10.5. The van der Waals surface area contributed by atoms with Gasteiger partial charge in [0.2, 0.25) is 5.91 Å². The van der Waals surface area contributed by atoms with Crippen molar-refractivity contribution in [2.45, 2.75) is 51.1 Å². The lowest BCUT2D eigenvalue weighted by molar-refractivity contribution is -0.138. The van der Waals surface area contributed by atoms with E-state index in [1.165, 1.54) is 9.71 Å². The highest BCUT2D eigenvalue weighted by molar-refractivity contribution is 7.91. The van der Waals surface area contributed by atoms with Crippen LogP contribution in [0.5, 0.6) is 0 Å². The smallest absolute Gasteiger partial charge is 0.239 e. The Balaban J connectivity index is 1.37. The van der Waals surface area contributed by atoms with E-state index in [0.717, 1.165) is 31.4 Å². The van der Waals surface area contributed by atoms with Crippen molar-refractivity contribution in [1.82, 2.24) is 14.8 Å². The lowest BCUT2D eigenvalue weighted by atomic mass is 9.96. The molecule has 158 valence electrons. The number of hydrogen-bond acceptors (Lipinski definition) is 6. The highest BCUT2D eigenvalue weighted by Crippen LogP contribution is 2.34. The van der Waals surface area contributed by atoms with Gasteiger partial charge < -0.3 is 4.90 Å². The molecule has 2 atom stereocenters. The summed E-state index contributed by atoms with van der Waals surface area (Å²) in [5.74, 6) is 0.823. The highest BCUT2D eigenvalue weighted by Gasteiger charge is 2.37. The van der Waals surface area contributed by atoms with Crippen LogP contribution in [0.25, 0.3) is 10.2 Å². The van der Waals surface area contributed by atoms with Crippen molar-refractivity contribution < 1.29 is 13.2 Å². The largest absolute Gasteiger partial charge is 0.338 e. The number of hydrogen-bond donors (Lipinski definition) is 0. The van der Waals surface area contributed by atoms with Gasteiger partial charge in [-0.1, -0.05) is 12.1 Å². The molecule has 2 aliphatic heterocycles. The molecule has 1 aromatic heterocycles. The number of fused-ring (bicyclic) bond motifs is 1. The van der Waals surface area contributed by atoms with Gasteiger partial charge in [0.25, 0.3) is 0 Å². The number of likely N-dealkylation sites (tertiary alicyclic amines) is 1. The van der Waals surface area contributed by atoms with Gasteiger partial charge in [-0.05, 0) is 58.3 Å². The summed E-state index contributed by atoms with van der Waals surface area (Å²) in [7, 11) is -3.00. The third-order valence-electron chi connectivity index (χ3n) is 6.37. The Bertz CT molecular complexity index is 947. The van der Waals surface area contributed by atoms with E-state index in [9.17, 15) is 13.2 Å². The van der Waals surface area contributed by atoms with E-state index in [0.29, 0.717) is 18.9 Å². The molecule has 6 nitrogen and oxygen atoms in total. The predicted molar refractivity (Wildman–Crippen MR) is 117 cm³/mol. The van der Waals surface area contributed by atoms with Crippen LogP contribution >= 0.6 is 11.3 Å². The number of benzene rings is 1. The van der Waals surface area contributed by atoms with Crippen molar-refractivity contribution in [1.29, 1.82) is 0 Å². The van der Waals surface area contributed by atoms with Gasteiger partial charge in [0.1, 0.15) is 0 Å². The number of thiazole rings is 1. The molecule has 2 saturated heterocycles. The second-order valence-electron chi connectivity index (χ2n) is 8.19. The molecule has 0 spiro atoms.